The fourth-order valence-electron chi connectivity index (χ4n) is 1.27. The monoisotopic (exact) mass is 154 g/mol. The van der Waals surface area contributed by atoms with Gasteiger partial charge in [-0.05, 0) is 19.4 Å². The highest BCUT2D eigenvalue weighted by atomic mass is 16.3. The Bertz CT molecular complexity index is 253. The fraction of sp³-hybridized carbons (Fsp3) is 0.625. The van der Waals surface area contributed by atoms with Crippen molar-refractivity contribution >= 4 is 0 Å². The summed E-state index contributed by atoms with van der Waals surface area (Å²) in [5.41, 5.74) is 3.38. The Morgan fingerprint density at radius 3 is 2.45 bits per heavy atom. The van der Waals surface area contributed by atoms with Gasteiger partial charge in [0.2, 0.25) is 0 Å². The van der Waals surface area contributed by atoms with E-state index in [0.29, 0.717) is 6.42 Å². The molecule has 1 heterocycles. The molecule has 11 heavy (non-hydrogen) atoms. The van der Waals surface area contributed by atoms with Crippen molar-refractivity contribution in [2.45, 2.75) is 20.3 Å². The van der Waals surface area contributed by atoms with Gasteiger partial charge in [0.15, 0.2) is 0 Å². The molecule has 1 rings (SSSR count). The van der Waals surface area contributed by atoms with E-state index in [1.807, 2.05) is 25.6 Å². The number of rotatable bonds is 2. The van der Waals surface area contributed by atoms with E-state index < -0.39 is 0 Å². The first-order valence-electron chi connectivity index (χ1n) is 3.76. The predicted molar refractivity (Wildman–Crippen MR) is 43.5 cm³/mol. The normalized spacial score (nSPS) is 10.5. The van der Waals surface area contributed by atoms with Crippen LogP contribution in [0, 0.1) is 13.8 Å². The Kier molecular flexibility index (Phi) is 2.29. The van der Waals surface area contributed by atoms with Crippen molar-refractivity contribution in [3.8, 4) is 0 Å². The minimum Gasteiger partial charge on any atom is -0.396 e. The van der Waals surface area contributed by atoms with Gasteiger partial charge in [-0.25, -0.2) is 0 Å². The van der Waals surface area contributed by atoms with Crippen LogP contribution in [0.1, 0.15) is 17.0 Å². The van der Waals surface area contributed by atoms with Crippen LogP contribution >= 0.6 is 0 Å². The van der Waals surface area contributed by atoms with Gasteiger partial charge in [0.05, 0.1) is 5.69 Å². The smallest absolute Gasteiger partial charge is 0.0625 e. The zero-order valence-corrected chi connectivity index (χ0v) is 7.26. The molecule has 0 atom stereocenters. The first kappa shape index (κ1) is 8.27. The molecule has 0 aliphatic rings. The van der Waals surface area contributed by atoms with Crippen molar-refractivity contribution in [1.82, 2.24) is 9.78 Å². The summed E-state index contributed by atoms with van der Waals surface area (Å²) in [5, 5.41) is 13.0. The van der Waals surface area contributed by atoms with Gasteiger partial charge in [0.1, 0.15) is 0 Å². The standard InChI is InChI=1S/C8H14N2O/c1-6-7(2)9-10(3)8(6)4-5-11/h11H,4-5H2,1-3H3. The maximum atomic E-state index is 8.74. The second-order valence-electron chi connectivity index (χ2n) is 2.75. The molecule has 0 saturated carbocycles. The van der Waals surface area contributed by atoms with Gasteiger partial charge in [0.25, 0.3) is 0 Å². The van der Waals surface area contributed by atoms with Gasteiger partial charge in [-0.3, -0.25) is 4.68 Å². The molecule has 0 aromatic carbocycles. The van der Waals surface area contributed by atoms with Gasteiger partial charge in [-0.2, -0.15) is 5.10 Å². The molecule has 0 amide bonds. The lowest BCUT2D eigenvalue weighted by atomic mass is 10.2. The Hall–Kier alpha value is -0.830. The van der Waals surface area contributed by atoms with E-state index in [1.165, 1.54) is 5.56 Å². The van der Waals surface area contributed by atoms with Crippen molar-refractivity contribution in [3.05, 3.63) is 17.0 Å². The van der Waals surface area contributed by atoms with Crippen molar-refractivity contribution < 1.29 is 5.11 Å². The van der Waals surface area contributed by atoms with Gasteiger partial charge >= 0.3 is 0 Å². The summed E-state index contributed by atoms with van der Waals surface area (Å²) in [4.78, 5) is 0. The molecular weight excluding hydrogens is 140 g/mol. The van der Waals surface area contributed by atoms with Gasteiger partial charge < -0.3 is 5.11 Å². The summed E-state index contributed by atoms with van der Waals surface area (Å²) in [6, 6.07) is 0. The molecule has 0 unspecified atom stereocenters. The second-order valence-corrected chi connectivity index (χ2v) is 2.75. The third kappa shape index (κ3) is 1.43. The van der Waals surface area contributed by atoms with Crippen LogP contribution in [-0.4, -0.2) is 21.5 Å². The SMILES string of the molecule is Cc1nn(C)c(CCO)c1C. The quantitative estimate of drug-likeness (QED) is 0.676. The lowest BCUT2D eigenvalue weighted by molar-refractivity contribution is 0.296. The molecule has 0 saturated heterocycles. The number of hydrogen-bond donors (Lipinski definition) is 1. The molecule has 0 aliphatic carbocycles. The van der Waals surface area contributed by atoms with Gasteiger partial charge in [0, 0.05) is 25.8 Å². The third-order valence-corrected chi connectivity index (χ3v) is 2.01. The number of aromatic nitrogens is 2. The summed E-state index contributed by atoms with van der Waals surface area (Å²) in [5.74, 6) is 0. The Morgan fingerprint density at radius 2 is 2.09 bits per heavy atom. The second kappa shape index (κ2) is 3.05. The van der Waals surface area contributed by atoms with E-state index in [4.69, 9.17) is 5.11 Å². The number of nitrogens with zero attached hydrogens (tertiary/aromatic N) is 2. The number of aliphatic hydroxyl groups is 1. The van der Waals surface area contributed by atoms with E-state index >= 15 is 0 Å². The molecule has 62 valence electrons. The molecule has 0 spiro atoms. The van der Waals surface area contributed by atoms with Crippen LogP contribution in [-0.2, 0) is 13.5 Å². The molecular formula is C8H14N2O. The summed E-state index contributed by atoms with van der Waals surface area (Å²) in [7, 11) is 1.91. The van der Waals surface area contributed by atoms with E-state index in [-0.39, 0.29) is 6.61 Å². The Morgan fingerprint density at radius 1 is 1.45 bits per heavy atom. The largest absolute Gasteiger partial charge is 0.396 e. The first-order valence-corrected chi connectivity index (χ1v) is 3.76. The Labute approximate surface area is 66.7 Å². The van der Waals surface area contributed by atoms with Crippen molar-refractivity contribution in [3.63, 3.8) is 0 Å². The van der Waals surface area contributed by atoms with Crippen molar-refractivity contribution in [2.75, 3.05) is 6.61 Å². The van der Waals surface area contributed by atoms with Gasteiger partial charge in [-0.15, -0.1) is 0 Å². The summed E-state index contributed by atoms with van der Waals surface area (Å²) in [6.07, 6.45) is 0.698. The lowest BCUT2D eigenvalue weighted by Gasteiger charge is -1.99. The van der Waals surface area contributed by atoms with Crippen LogP contribution in [0.5, 0.6) is 0 Å². The van der Waals surface area contributed by atoms with E-state index in [0.717, 1.165) is 11.4 Å². The predicted octanol–water partition coefficient (Wildman–Crippen LogP) is 0.572. The molecule has 0 radical (unpaired) electrons. The molecule has 1 aromatic heterocycles. The molecule has 0 fully saturated rings. The fourth-order valence-corrected chi connectivity index (χ4v) is 1.27. The first-order chi connectivity index (χ1) is 5.16. The third-order valence-electron chi connectivity index (χ3n) is 2.01. The molecule has 0 bridgehead atoms. The number of hydrogen-bond acceptors (Lipinski definition) is 2. The molecule has 1 aromatic rings. The van der Waals surface area contributed by atoms with Crippen LogP contribution < -0.4 is 0 Å². The molecule has 3 nitrogen and oxygen atoms in total. The number of aryl methyl sites for hydroxylation is 2. The highest BCUT2D eigenvalue weighted by Gasteiger charge is 2.06. The zero-order valence-electron chi connectivity index (χ0n) is 7.26. The van der Waals surface area contributed by atoms with Crippen LogP contribution in [0.4, 0.5) is 0 Å². The lowest BCUT2D eigenvalue weighted by Crippen LogP contribution is -2.01. The highest BCUT2D eigenvalue weighted by Crippen LogP contribution is 2.10. The van der Waals surface area contributed by atoms with Gasteiger partial charge in [-0.1, -0.05) is 0 Å². The average Bonchev–Trinajstić information content (AvgIpc) is 2.17. The van der Waals surface area contributed by atoms with E-state index in [1.54, 1.807) is 0 Å². The van der Waals surface area contributed by atoms with Crippen molar-refractivity contribution in [1.29, 1.82) is 0 Å². The Balaban J connectivity index is 3.02. The van der Waals surface area contributed by atoms with E-state index in [2.05, 4.69) is 5.10 Å². The van der Waals surface area contributed by atoms with Crippen LogP contribution in [0.15, 0.2) is 0 Å². The van der Waals surface area contributed by atoms with E-state index in [9.17, 15) is 0 Å². The summed E-state index contributed by atoms with van der Waals surface area (Å²) < 4.78 is 1.83. The highest BCUT2D eigenvalue weighted by molar-refractivity contribution is 5.23. The average molecular weight is 154 g/mol. The van der Waals surface area contributed by atoms with Crippen LogP contribution in [0.3, 0.4) is 0 Å². The minimum atomic E-state index is 0.194. The molecule has 1 N–H and O–H groups in total. The van der Waals surface area contributed by atoms with Crippen LogP contribution in [0.25, 0.3) is 0 Å². The maximum absolute atomic E-state index is 8.74. The van der Waals surface area contributed by atoms with Crippen LogP contribution in [0.2, 0.25) is 0 Å². The van der Waals surface area contributed by atoms with Crippen molar-refractivity contribution in [2.24, 2.45) is 7.05 Å². The minimum absolute atomic E-state index is 0.194. The summed E-state index contributed by atoms with van der Waals surface area (Å²) >= 11 is 0. The maximum Gasteiger partial charge on any atom is 0.0625 e. The molecule has 3 heteroatoms. The zero-order chi connectivity index (χ0) is 8.43. The number of aliphatic hydroxyl groups excluding tert-OH is 1. The summed E-state index contributed by atoms with van der Waals surface area (Å²) in [6.45, 7) is 4.21. The molecule has 0 aliphatic heterocycles. The topological polar surface area (TPSA) is 38.0 Å².